The molecule has 0 bridgehead atoms. The lowest BCUT2D eigenvalue weighted by molar-refractivity contribution is -0.00104. The molecule has 19 heavy (non-hydrogen) atoms. The summed E-state index contributed by atoms with van der Waals surface area (Å²) >= 11 is 0. The molecule has 1 saturated heterocycles. The van der Waals surface area contributed by atoms with Gasteiger partial charge in [0.2, 0.25) is 0 Å². The van der Waals surface area contributed by atoms with Gasteiger partial charge >= 0.3 is 0 Å². The lowest BCUT2D eigenvalue weighted by Gasteiger charge is -2.40. The van der Waals surface area contributed by atoms with Crippen molar-refractivity contribution in [1.29, 1.82) is 0 Å². The Morgan fingerprint density at radius 1 is 1.21 bits per heavy atom. The van der Waals surface area contributed by atoms with E-state index in [0.29, 0.717) is 5.56 Å². The van der Waals surface area contributed by atoms with E-state index >= 15 is 0 Å². The Labute approximate surface area is 115 Å². The van der Waals surface area contributed by atoms with Gasteiger partial charge in [-0.1, -0.05) is 6.07 Å². The monoisotopic (exact) mass is 265 g/mol. The Hall–Kier alpha value is -0.930. The molecule has 1 heterocycles. The van der Waals surface area contributed by atoms with Gasteiger partial charge < -0.3 is 5.11 Å². The second kappa shape index (κ2) is 5.22. The van der Waals surface area contributed by atoms with E-state index in [4.69, 9.17) is 0 Å². The Morgan fingerprint density at radius 2 is 1.79 bits per heavy atom. The fourth-order valence-corrected chi connectivity index (χ4v) is 3.09. The van der Waals surface area contributed by atoms with Crippen LogP contribution in [0.15, 0.2) is 12.1 Å². The van der Waals surface area contributed by atoms with E-state index in [9.17, 15) is 9.50 Å². The summed E-state index contributed by atoms with van der Waals surface area (Å²) in [7, 11) is 0. The number of halogens is 1. The van der Waals surface area contributed by atoms with Crippen molar-refractivity contribution in [2.75, 3.05) is 13.1 Å². The lowest BCUT2D eigenvalue weighted by atomic mass is 9.86. The maximum atomic E-state index is 14.2. The van der Waals surface area contributed by atoms with E-state index in [2.05, 4.69) is 4.90 Å². The highest BCUT2D eigenvalue weighted by Crippen LogP contribution is 2.36. The minimum atomic E-state index is -0.800. The van der Waals surface area contributed by atoms with Crippen molar-refractivity contribution >= 4 is 0 Å². The van der Waals surface area contributed by atoms with Crippen LogP contribution in [0.3, 0.4) is 0 Å². The average molecular weight is 265 g/mol. The Balaban J connectivity index is 2.35. The lowest BCUT2D eigenvalue weighted by Crippen LogP contribution is -2.47. The first-order valence-corrected chi connectivity index (χ1v) is 7.04. The number of aryl methyl sites for hydroxylation is 2. The maximum Gasteiger partial charge on any atom is 0.129 e. The first kappa shape index (κ1) is 14.5. The fourth-order valence-electron chi connectivity index (χ4n) is 3.09. The van der Waals surface area contributed by atoms with Gasteiger partial charge in [-0.2, -0.15) is 0 Å². The molecular weight excluding hydrogens is 241 g/mol. The molecule has 1 aromatic rings. The largest absolute Gasteiger partial charge is 0.386 e. The van der Waals surface area contributed by atoms with Gasteiger partial charge in [-0.3, -0.25) is 4.90 Å². The second-order valence-electron chi connectivity index (χ2n) is 6.23. The summed E-state index contributed by atoms with van der Waals surface area (Å²) in [6.07, 6.45) is 1.52. The molecule has 0 amide bonds. The smallest absolute Gasteiger partial charge is 0.129 e. The zero-order valence-electron chi connectivity index (χ0n) is 12.3. The van der Waals surface area contributed by atoms with Crippen molar-refractivity contribution in [2.45, 2.75) is 52.2 Å². The standard InChI is InChI=1S/C16H24FNO/c1-11-9-12(2)14(13(17)10-11)15(19)16(3,4)18-7-5-6-8-18/h9-10,15,19H,5-8H2,1-4H3. The van der Waals surface area contributed by atoms with Crippen LogP contribution in [0.4, 0.5) is 4.39 Å². The molecule has 2 nitrogen and oxygen atoms in total. The number of likely N-dealkylation sites (tertiary alicyclic amines) is 1. The molecule has 1 unspecified atom stereocenters. The predicted octanol–water partition coefficient (Wildman–Crippen LogP) is 3.35. The van der Waals surface area contributed by atoms with Gasteiger partial charge in [0.1, 0.15) is 5.82 Å². The van der Waals surface area contributed by atoms with Gasteiger partial charge in [-0.25, -0.2) is 4.39 Å². The van der Waals surface area contributed by atoms with Gasteiger partial charge in [0, 0.05) is 11.1 Å². The fraction of sp³-hybridized carbons (Fsp3) is 0.625. The zero-order valence-corrected chi connectivity index (χ0v) is 12.3. The zero-order chi connectivity index (χ0) is 14.2. The number of hydrogen-bond acceptors (Lipinski definition) is 2. The number of nitrogens with zero attached hydrogens (tertiary/aromatic N) is 1. The van der Waals surface area contributed by atoms with Crippen LogP contribution in [0, 0.1) is 19.7 Å². The van der Waals surface area contributed by atoms with Crippen LogP contribution in [0.25, 0.3) is 0 Å². The van der Waals surface area contributed by atoms with Gasteiger partial charge in [0.05, 0.1) is 6.10 Å². The number of aliphatic hydroxyl groups excluding tert-OH is 1. The van der Waals surface area contributed by atoms with Crippen molar-refractivity contribution in [3.8, 4) is 0 Å². The highest BCUT2D eigenvalue weighted by Gasteiger charge is 2.38. The number of rotatable bonds is 3. The minimum absolute atomic E-state index is 0.294. The van der Waals surface area contributed by atoms with Crippen molar-refractivity contribution in [3.63, 3.8) is 0 Å². The van der Waals surface area contributed by atoms with Crippen LogP contribution >= 0.6 is 0 Å². The highest BCUT2D eigenvalue weighted by molar-refractivity contribution is 5.35. The third-order valence-corrected chi connectivity index (χ3v) is 4.34. The molecule has 1 aliphatic heterocycles. The summed E-state index contributed by atoms with van der Waals surface area (Å²) in [6, 6.07) is 3.44. The van der Waals surface area contributed by atoms with Crippen LogP contribution in [0.2, 0.25) is 0 Å². The molecule has 3 heteroatoms. The third-order valence-electron chi connectivity index (χ3n) is 4.34. The summed E-state index contributed by atoms with van der Waals surface area (Å²) < 4.78 is 14.2. The Kier molecular flexibility index (Phi) is 3.98. The second-order valence-corrected chi connectivity index (χ2v) is 6.23. The molecule has 1 fully saturated rings. The first-order valence-electron chi connectivity index (χ1n) is 7.04. The normalized spacial score (nSPS) is 18.8. The molecule has 1 N–H and O–H groups in total. The van der Waals surface area contributed by atoms with Crippen LogP contribution in [-0.4, -0.2) is 28.6 Å². The molecule has 0 aromatic heterocycles. The third kappa shape index (κ3) is 2.67. The van der Waals surface area contributed by atoms with Crippen molar-refractivity contribution in [1.82, 2.24) is 4.90 Å². The maximum absolute atomic E-state index is 14.2. The SMILES string of the molecule is Cc1cc(C)c(C(O)C(C)(C)N2CCCC2)c(F)c1. The molecule has 2 rings (SSSR count). The number of hydrogen-bond donors (Lipinski definition) is 1. The first-order chi connectivity index (χ1) is 8.84. The quantitative estimate of drug-likeness (QED) is 0.906. The topological polar surface area (TPSA) is 23.5 Å². The van der Waals surface area contributed by atoms with Crippen molar-refractivity contribution < 1.29 is 9.50 Å². The van der Waals surface area contributed by atoms with E-state index in [0.717, 1.165) is 37.1 Å². The molecule has 0 saturated carbocycles. The molecule has 0 spiro atoms. The van der Waals surface area contributed by atoms with Crippen molar-refractivity contribution in [3.05, 3.63) is 34.6 Å². The minimum Gasteiger partial charge on any atom is -0.386 e. The molecule has 1 aliphatic rings. The summed E-state index contributed by atoms with van der Waals surface area (Å²) in [5.41, 5.74) is 1.74. The van der Waals surface area contributed by atoms with E-state index in [1.54, 1.807) is 0 Å². The molecular formula is C16H24FNO. The van der Waals surface area contributed by atoms with Crippen LogP contribution in [0.1, 0.15) is 49.5 Å². The molecule has 1 aromatic carbocycles. The summed E-state index contributed by atoms with van der Waals surface area (Å²) in [4.78, 5) is 2.26. The van der Waals surface area contributed by atoms with Crippen molar-refractivity contribution in [2.24, 2.45) is 0 Å². The Morgan fingerprint density at radius 3 is 2.32 bits per heavy atom. The van der Waals surface area contributed by atoms with Gasteiger partial charge in [0.15, 0.2) is 0 Å². The number of aliphatic hydroxyl groups is 1. The van der Waals surface area contributed by atoms with Crippen LogP contribution < -0.4 is 0 Å². The molecule has 0 aliphatic carbocycles. The van der Waals surface area contributed by atoms with Gasteiger partial charge in [0.25, 0.3) is 0 Å². The van der Waals surface area contributed by atoms with Crippen LogP contribution in [0.5, 0.6) is 0 Å². The average Bonchev–Trinajstić information content (AvgIpc) is 2.81. The van der Waals surface area contributed by atoms with E-state index in [1.165, 1.54) is 6.07 Å². The summed E-state index contributed by atoms with van der Waals surface area (Å²) in [5, 5.41) is 10.7. The summed E-state index contributed by atoms with van der Waals surface area (Å²) in [6.45, 7) is 9.71. The Bertz CT molecular complexity index is 441. The predicted molar refractivity (Wildman–Crippen MR) is 75.7 cm³/mol. The summed E-state index contributed by atoms with van der Waals surface area (Å²) in [5.74, 6) is -0.294. The van der Waals surface area contributed by atoms with Crippen LogP contribution in [-0.2, 0) is 0 Å². The molecule has 0 radical (unpaired) electrons. The van der Waals surface area contributed by atoms with E-state index in [1.807, 2.05) is 33.8 Å². The highest BCUT2D eigenvalue weighted by atomic mass is 19.1. The van der Waals surface area contributed by atoms with E-state index < -0.39 is 11.6 Å². The molecule has 106 valence electrons. The van der Waals surface area contributed by atoms with E-state index in [-0.39, 0.29) is 5.82 Å². The van der Waals surface area contributed by atoms with Gasteiger partial charge in [-0.05, 0) is 70.8 Å². The molecule has 1 atom stereocenters. The number of benzene rings is 1. The van der Waals surface area contributed by atoms with Gasteiger partial charge in [-0.15, -0.1) is 0 Å².